The van der Waals surface area contributed by atoms with Gasteiger partial charge in [0.05, 0.1) is 13.2 Å². The lowest BCUT2D eigenvalue weighted by Crippen LogP contribution is -2.24. The summed E-state index contributed by atoms with van der Waals surface area (Å²) >= 11 is 0. The van der Waals surface area contributed by atoms with Gasteiger partial charge in [-0.25, -0.2) is 9.48 Å². The van der Waals surface area contributed by atoms with E-state index >= 15 is 0 Å². The van der Waals surface area contributed by atoms with Crippen LogP contribution in [0.25, 0.3) is 0 Å². The van der Waals surface area contributed by atoms with Gasteiger partial charge in [0.25, 0.3) is 0 Å². The molecular weight excluding hydrogens is 134 g/mol. The summed E-state index contributed by atoms with van der Waals surface area (Å²) in [4.78, 5) is 10.9. The van der Waals surface area contributed by atoms with Gasteiger partial charge in [0.1, 0.15) is 6.33 Å². The molecule has 1 rings (SSSR count). The van der Waals surface area contributed by atoms with Crippen molar-refractivity contribution >= 4 is 0 Å². The van der Waals surface area contributed by atoms with Gasteiger partial charge in [0, 0.05) is 7.05 Å². The lowest BCUT2D eigenvalue weighted by atomic mass is 10.7. The first kappa shape index (κ1) is 7.01. The Morgan fingerprint density at radius 2 is 2.50 bits per heavy atom. The predicted molar refractivity (Wildman–Crippen MR) is 34.6 cm³/mol. The summed E-state index contributed by atoms with van der Waals surface area (Å²) in [5, 5.41) is 12.2. The van der Waals surface area contributed by atoms with E-state index in [0.29, 0.717) is 0 Å². The number of aliphatic hydroxyl groups excluding tert-OH is 1. The van der Waals surface area contributed by atoms with Gasteiger partial charge in [0.15, 0.2) is 0 Å². The summed E-state index contributed by atoms with van der Waals surface area (Å²) in [6.07, 6.45) is 1.41. The van der Waals surface area contributed by atoms with Crippen LogP contribution in [0, 0.1) is 0 Å². The maximum Gasteiger partial charge on any atom is 0.345 e. The van der Waals surface area contributed by atoms with Crippen LogP contribution < -0.4 is 5.69 Å². The van der Waals surface area contributed by atoms with Crippen LogP contribution >= 0.6 is 0 Å². The molecule has 0 fully saturated rings. The Kier molecular flexibility index (Phi) is 1.86. The van der Waals surface area contributed by atoms with Crippen LogP contribution in [-0.2, 0) is 13.6 Å². The molecule has 0 aliphatic carbocycles. The average molecular weight is 143 g/mol. The number of aromatic nitrogens is 3. The molecule has 0 saturated carbocycles. The highest BCUT2D eigenvalue weighted by Crippen LogP contribution is 1.73. The minimum Gasteiger partial charge on any atom is -0.394 e. The second-order valence-electron chi connectivity index (χ2n) is 1.97. The van der Waals surface area contributed by atoms with Crippen LogP contribution in [0.1, 0.15) is 0 Å². The second kappa shape index (κ2) is 2.66. The fourth-order valence-corrected chi connectivity index (χ4v) is 0.669. The largest absolute Gasteiger partial charge is 0.394 e. The lowest BCUT2D eigenvalue weighted by Gasteiger charge is -1.91. The third-order valence-electron chi connectivity index (χ3n) is 1.20. The molecule has 0 aromatic carbocycles. The fraction of sp³-hybridized carbons (Fsp3) is 0.600. The monoisotopic (exact) mass is 143 g/mol. The molecule has 0 amide bonds. The molecule has 56 valence electrons. The first-order chi connectivity index (χ1) is 4.75. The average Bonchev–Trinajstić information content (AvgIpc) is 2.20. The summed E-state index contributed by atoms with van der Waals surface area (Å²) in [6, 6.07) is 0. The first-order valence-electron chi connectivity index (χ1n) is 2.95. The highest BCUT2D eigenvalue weighted by atomic mass is 16.3. The maximum atomic E-state index is 10.9. The van der Waals surface area contributed by atoms with Gasteiger partial charge >= 0.3 is 5.69 Å². The van der Waals surface area contributed by atoms with E-state index in [-0.39, 0.29) is 18.8 Å². The van der Waals surface area contributed by atoms with Crippen LogP contribution in [0.15, 0.2) is 11.1 Å². The molecule has 1 heterocycles. The van der Waals surface area contributed by atoms with Gasteiger partial charge in [-0.3, -0.25) is 4.57 Å². The van der Waals surface area contributed by atoms with Crippen LogP contribution in [0.5, 0.6) is 0 Å². The first-order valence-corrected chi connectivity index (χ1v) is 2.95. The van der Waals surface area contributed by atoms with Crippen LogP contribution in [0.3, 0.4) is 0 Å². The zero-order chi connectivity index (χ0) is 7.56. The van der Waals surface area contributed by atoms with Crippen molar-refractivity contribution in [1.29, 1.82) is 0 Å². The van der Waals surface area contributed by atoms with Crippen molar-refractivity contribution in [3.05, 3.63) is 16.8 Å². The normalized spacial score (nSPS) is 10.2. The zero-order valence-electron chi connectivity index (χ0n) is 5.69. The summed E-state index contributed by atoms with van der Waals surface area (Å²) in [7, 11) is 1.61. The Morgan fingerprint density at radius 3 is 2.90 bits per heavy atom. The Bertz CT molecular complexity index is 262. The van der Waals surface area contributed by atoms with E-state index in [0.717, 1.165) is 0 Å². The molecule has 0 atom stereocenters. The van der Waals surface area contributed by atoms with Crippen molar-refractivity contribution in [3.8, 4) is 0 Å². The van der Waals surface area contributed by atoms with Crippen molar-refractivity contribution in [2.24, 2.45) is 7.05 Å². The quantitative estimate of drug-likeness (QED) is 0.552. The maximum absolute atomic E-state index is 10.9. The van der Waals surface area contributed by atoms with E-state index in [1.807, 2.05) is 0 Å². The van der Waals surface area contributed by atoms with E-state index < -0.39 is 0 Å². The summed E-state index contributed by atoms with van der Waals surface area (Å²) in [5.41, 5.74) is -0.200. The molecule has 0 spiro atoms. The van der Waals surface area contributed by atoms with Crippen LogP contribution in [-0.4, -0.2) is 26.1 Å². The third kappa shape index (κ3) is 1.08. The number of nitrogens with zero attached hydrogens (tertiary/aromatic N) is 3. The summed E-state index contributed by atoms with van der Waals surface area (Å²) in [5.74, 6) is 0. The van der Waals surface area contributed by atoms with Gasteiger partial charge in [0.2, 0.25) is 0 Å². The number of aliphatic hydroxyl groups is 1. The minimum atomic E-state index is -0.200. The van der Waals surface area contributed by atoms with E-state index in [1.54, 1.807) is 7.05 Å². The van der Waals surface area contributed by atoms with Gasteiger partial charge in [-0.05, 0) is 0 Å². The molecule has 0 bridgehead atoms. The molecule has 5 heteroatoms. The van der Waals surface area contributed by atoms with Gasteiger partial charge in [-0.2, -0.15) is 5.10 Å². The molecule has 0 radical (unpaired) electrons. The van der Waals surface area contributed by atoms with Crippen molar-refractivity contribution in [2.45, 2.75) is 6.54 Å². The zero-order valence-corrected chi connectivity index (χ0v) is 5.69. The van der Waals surface area contributed by atoms with E-state index in [4.69, 9.17) is 5.11 Å². The Labute approximate surface area is 57.5 Å². The molecule has 0 unspecified atom stereocenters. The molecule has 5 nitrogen and oxygen atoms in total. The predicted octanol–water partition coefficient (Wildman–Crippen LogP) is -1.43. The minimum absolute atomic E-state index is 0.0586. The van der Waals surface area contributed by atoms with Crippen molar-refractivity contribution < 1.29 is 5.11 Å². The van der Waals surface area contributed by atoms with Crippen LogP contribution in [0.2, 0.25) is 0 Å². The standard InChI is InChI=1S/C5H9N3O2/c1-7-4-6-8(2-3-9)5(7)10/h4,9H,2-3H2,1H3. The molecule has 0 aliphatic rings. The number of hydrogen-bond donors (Lipinski definition) is 1. The van der Waals surface area contributed by atoms with E-state index in [1.165, 1.54) is 15.6 Å². The number of aryl methyl sites for hydroxylation is 1. The van der Waals surface area contributed by atoms with E-state index in [9.17, 15) is 4.79 Å². The molecule has 1 N–H and O–H groups in total. The van der Waals surface area contributed by atoms with Crippen molar-refractivity contribution in [2.75, 3.05) is 6.61 Å². The fourth-order valence-electron chi connectivity index (χ4n) is 0.669. The van der Waals surface area contributed by atoms with Crippen molar-refractivity contribution in [3.63, 3.8) is 0 Å². The molecular formula is C5H9N3O2. The van der Waals surface area contributed by atoms with E-state index in [2.05, 4.69) is 5.10 Å². The van der Waals surface area contributed by atoms with Gasteiger partial charge < -0.3 is 5.11 Å². The Morgan fingerprint density at radius 1 is 1.80 bits per heavy atom. The highest BCUT2D eigenvalue weighted by molar-refractivity contribution is 4.64. The van der Waals surface area contributed by atoms with Gasteiger partial charge in [-0.1, -0.05) is 0 Å². The Balaban J connectivity index is 2.95. The number of hydrogen-bond acceptors (Lipinski definition) is 3. The number of rotatable bonds is 2. The third-order valence-corrected chi connectivity index (χ3v) is 1.20. The molecule has 0 saturated heterocycles. The Hall–Kier alpha value is -1.10. The summed E-state index contributed by atoms with van der Waals surface area (Å²) in [6.45, 7) is 0.205. The topological polar surface area (TPSA) is 60.1 Å². The molecule has 1 aromatic heterocycles. The summed E-state index contributed by atoms with van der Waals surface area (Å²) < 4.78 is 2.57. The van der Waals surface area contributed by atoms with Gasteiger partial charge in [-0.15, -0.1) is 0 Å². The van der Waals surface area contributed by atoms with Crippen molar-refractivity contribution in [1.82, 2.24) is 14.3 Å². The lowest BCUT2D eigenvalue weighted by molar-refractivity contribution is 0.267. The highest BCUT2D eigenvalue weighted by Gasteiger charge is 1.97. The molecule has 10 heavy (non-hydrogen) atoms. The smallest absolute Gasteiger partial charge is 0.345 e. The molecule has 0 aliphatic heterocycles. The molecule has 1 aromatic rings. The second-order valence-corrected chi connectivity index (χ2v) is 1.97. The van der Waals surface area contributed by atoms with Crippen LogP contribution in [0.4, 0.5) is 0 Å². The SMILES string of the molecule is Cn1cnn(CCO)c1=O.